The Hall–Kier alpha value is -2.28. The number of aryl methyl sites for hydroxylation is 1. The molecular weight excluding hydrogens is 214 g/mol. The molecular formula is C13H13N3O. The van der Waals surface area contributed by atoms with Crippen LogP contribution in [0.4, 0.5) is 0 Å². The molecule has 1 N–H and O–H groups in total. The molecule has 4 heteroatoms. The lowest BCUT2D eigenvalue weighted by Crippen LogP contribution is -2.17. The van der Waals surface area contributed by atoms with Crippen molar-refractivity contribution >= 4 is 0 Å². The van der Waals surface area contributed by atoms with E-state index in [0.29, 0.717) is 18.4 Å². The summed E-state index contributed by atoms with van der Waals surface area (Å²) in [6, 6.07) is 11.5. The minimum Gasteiger partial charge on any atom is -0.295 e. The Kier molecular flexibility index (Phi) is 3.10. The van der Waals surface area contributed by atoms with Gasteiger partial charge in [-0.15, -0.1) is 0 Å². The summed E-state index contributed by atoms with van der Waals surface area (Å²) in [4.78, 5) is 12.1. The van der Waals surface area contributed by atoms with Gasteiger partial charge >= 0.3 is 0 Å². The van der Waals surface area contributed by atoms with E-state index in [2.05, 4.69) is 11.2 Å². The molecule has 0 bridgehead atoms. The Morgan fingerprint density at radius 2 is 2.06 bits per heavy atom. The maximum Gasteiger partial charge on any atom is 0.274 e. The van der Waals surface area contributed by atoms with Gasteiger partial charge in [-0.25, -0.2) is 4.68 Å². The molecule has 1 heterocycles. The van der Waals surface area contributed by atoms with Crippen LogP contribution in [0.3, 0.4) is 0 Å². The van der Waals surface area contributed by atoms with E-state index < -0.39 is 0 Å². The maximum absolute atomic E-state index is 12.1. The molecule has 4 nitrogen and oxygen atoms in total. The van der Waals surface area contributed by atoms with E-state index in [1.54, 1.807) is 0 Å². The Labute approximate surface area is 99.1 Å². The molecule has 0 aliphatic carbocycles. The largest absolute Gasteiger partial charge is 0.295 e. The van der Waals surface area contributed by atoms with Gasteiger partial charge in [-0.05, 0) is 25.5 Å². The van der Waals surface area contributed by atoms with Gasteiger partial charge in [0.1, 0.15) is 0 Å². The first-order valence-electron chi connectivity index (χ1n) is 5.47. The van der Waals surface area contributed by atoms with Crippen LogP contribution in [0.1, 0.15) is 17.7 Å². The molecule has 0 saturated heterocycles. The van der Waals surface area contributed by atoms with Crippen molar-refractivity contribution in [2.24, 2.45) is 0 Å². The van der Waals surface area contributed by atoms with Gasteiger partial charge in [0.05, 0.1) is 11.8 Å². The van der Waals surface area contributed by atoms with Crippen molar-refractivity contribution < 1.29 is 0 Å². The molecule has 86 valence electrons. The first-order chi connectivity index (χ1) is 8.24. The lowest BCUT2D eigenvalue weighted by atomic mass is 10.1. The Bertz CT molecular complexity index is 602. The molecule has 1 aromatic heterocycles. The minimum atomic E-state index is -0.0658. The predicted octanol–water partition coefficient (Wildman–Crippen LogP) is 1.93. The molecule has 0 radical (unpaired) electrons. The van der Waals surface area contributed by atoms with Gasteiger partial charge in [0.2, 0.25) is 0 Å². The number of benzene rings is 1. The van der Waals surface area contributed by atoms with Gasteiger partial charge in [0.25, 0.3) is 5.56 Å². The van der Waals surface area contributed by atoms with Crippen molar-refractivity contribution in [2.45, 2.75) is 19.8 Å². The second-order valence-corrected chi connectivity index (χ2v) is 3.85. The van der Waals surface area contributed by atoms with E-state index in [4.69, 9.17) is 5.26 Å². The van der Waals surface area contributed by atoms with Gasteiger partial charge in [-0.2, -0.15) is 5.26 Å². The number of H-pyrrole nitrogens is 1. The first-order valence-corrected chi connectivity index (χ1v) is 5.47. The van der Waals surface area contributed by atoms with E-state index >= 15 is 0 Å². The quantitative estimate of drug-likeness (QED) is 0.870. The highest BCUT2D eigenvalue weighted by molar-refractivity contribution is 5.32. The number of hydrogen-bond donors (Lipinski definition) is 1. The zero-order valence-corrected chi connectivity index (χ0v) is 9.60. The van der Waals surface area contributed by atoms with Crippen molar-refractivity contribution in [3.8, 4) is 11.8 Å². The van der Waals surface area contributed by atoms with Crippen molar-refractivity contribution in [1.29, 1.82) is 5.26 Å². The lowest BCUT2D eigenvalue weighted by molar-refractivity contribution is 0.834. The molecule has 0 amide bonds. The highest BCUT2D eigenvalue weighted by Gasteiger charge is 2.11. The summed E-state index contributed by atoms with van der Waals surface area (Å²) >= 11 is 0. The average Bonchev–Trinajstić information content (AvgIpc) is 2.64. The molecule has 0 unspecified atom stereocenters. The summed E-state index contributed by atoms with van der Waals surface area (Å²) in [6.45, 7) is 1.85. The Morgan fingerprint density at radius 1 is 1.35 bits per heavy atom. The molecule has 2 aromatic rings. The maximum atomic E-state index is 12.1. The smallest absolute Gasteiger partial charge is 0.274 e. The standard InChI is InChI=1S/C13H13N3O/c1-10-12(8-5-9-14)13(17)16(15-10)11-6-3-2-4-7-11/h2-4,6-7,15H,5,8H2,1H3. The lowest BCUT2D eigenvalue weighted by Gasteiger charge is -1.99. The minimum absolute atomic E-state index is 0.0658. The van der Waals surface area contributed by atoms with Crippen LogP contribution >= 0.6 is 0 Å². The number of aromatic nitrogens is 2. The molecule has 0 atom stereocenters. The normalized spacial score (nSPS) is 10.1. The Morgan fingerprint density at radius 3 is 2.71 bits per heavy atom. The molecule has 0 aliphatic heterocycles. The number of para-hydroxylation sites is 1. The number of nitriles is 1. The van der Waals surface area contributed by atoms with Crippen molar-refractivity contribution in [2.75, 3.05) is 0 Å². The number of nitrogens with one attached hydrogen (secondary N) is 1. The molecule has 0 fully saturated rings. The Balaban J connectivity index is 2.45. The molecule has 17 heavy (non-hydrogen) atoms. The van der Waals surface area contributed by atoms with E-state index in [1.165, 1.54) is 4.68 Å². The number of hydrogen-bond acceptors (Lipinski definition) is 2. The van der Waals surface area contributed by atoms with E-state index in [1.807, 2.05) is 37.3 Å². The summed E-state index contributed by atoms with van der Waals surface area (Å²) in [5, 5.41) is 11.6. The van der Waals surface area contributed by atoms with Crippen LogP contribution in [0.5, 0.6) is 0 Å². The van der Waals surface area contributed by atoms with Crippen molar-refractivity contribution in [1.82, 2.24) is 9.78 Å². The van der Waals surface area contributed by atoms with E-state index in [-0.39, 0.29) is 5.56 Å². The zero-order valence-electron chi connectivity index (χ0n) is 9.60. The molecule has 0 spiro atoms. The number of nitrogens with zero attached hydrogens (tertiary/aromatic N) is 2. The fourth-order valence-corrected chi connectivity index (χ4v) is 1.82. The topological polar surface area (TPSA) is 61.6 Å². The van der Waals surface area contributed by atoms with Gasteiger partial charge in [0.15, 0.2) is 0 Å². The van der Waals surface area contributed by atoms with Gasteiger partial charge in [-0.3, -0.25) is 9.89 Å². The van der Waals surface area contributed by atoms with Crippen molar-refractivity contribution in [3.63, 3.8) is 0 Å². The van der Waals surface area contributed by atoms with Crippen LogP contribution in [0.15, 0.2) is 35.1 Å². The van der Waals surface area contributed by atoms with Crippen LogP contribution in [0.25, 0.3) is 5.69 Å². The summed E-state index contributed by atoms with van der Waals surface area (Å²) in [5.41, 5.74) is 2.26. The van der Waals surface area contributed by atoms with Crippen LogP contribution < -0.4 is 5.56 Å². The molecule has 0 aliphatic rings. The number of aromatic amines is 1. The summed E-state index contributed by atoms with van der Waals surface area (Å²) < 4.78 is 1.52. The van der Waals surface area contributed by atoms with Gasteiger partial charge in [-0.1, -0.05) is 18.2 Å². The average molecular weight is 227 g/mol. The first kappa shape index (κ1) is 11.2. The van der Waals surface area contributed by atoms with Gasteiger partial charge < -0.3 is 0 Å². The van der Waals surface area contributed by atoms with Crippen LogP contribution in [-0.2, 0) is 6.42 Å². The monoisotopic (exact) mass is 227 g/mol. The SMILES string of the molecule is Cc1[nH]n(-c2ccccc2)c(=O)c1CCC#N. The fraction of sp³-hybridized carbons (Fsp3) is 0.231. The van der Waals surface area contributed by atoms with Crippen LogP contribution in [0, 0.1) is 18.3 Å². The second kappa shape index (κ2) is 4.71. The van der Waals surface area contributed by atoms with E-state index in [0.717, 1.165) is 11.4 Å². The second-order valence-electron chi connectivity index (χ2n) is 3.85. The summed E-state index contributed by atoms with van der Waals surface area (Å²) in [6.07, 6.45) is 0.861. The third-order valence-corrected chi connectivity index (χ3v) is 2.69. The molecule has 0 saturated carbocycles. The third-order valence-electron chi connectivity index (χ3n) is 2.69. The predicted molar refractivity (Wildman–Crippen MR) is 65.1 cm³/mol. The van der Waals surface area contributed by atoms with E-state index in [9.17, 15) is 4.79 Å². The van der Waals surface area contributed by atoms with Crippen LogP contribution in [0.2, 0.25) is 0 Å². The highest BCUT2D eigenvalue weighted by Crippen LogP contribution is 2.07. The third kappa shape index (κ3) is 2.13. The van der Waals surface area contributed by atoms with Crippen molar-refractivity contribution in [3.05, 3.63) is 51.9 Å². The summed E-state index contributed by atoms with van der Waals surface area (Å²) in [5.74, 6) is 0. The fourth-order valence-electron chi connectivity index (χ4n) is 1.82. The highest BCUT2D eigenvalue weighted by atomic mass is 16.1. The number of rotatable bonds is 3. The summed E-state index contributed by atoms with van der Waals surface area (Å²) in [7, 11) is 0. The molecule has 2 rings (SSSR count). The van der Waals surface area contributed by atoms with Crippen LogP contribution in [-0.4, -0.2) is 9.78 Å². The zero-order chi connectivity index (χ0) is 12.3. The van der Waals surface area contributed by atoms with Gasteiger partial charge in [0, 0.05) is 17.7 Å². The molecule has 1 aromatic carbocycles.